The summed E-state index contributed by atoms with van der Waals surface area (Å²) >= 11 is 0. The van der Waals surface area contributed by atoms with Crippen molar-refractivity contribution in [2.75, 3.05) is 13.1 Å². The molecule has 2 heteroatoms. The normalized spacial score (nSPS) is 30.5. The number of nitrogens with zero attached hydrogens (tertiary/aromatic N) is 1. The van der Waals surface area contributed by atoms with Crippen LogP contribution >= 0.6 is 0 Å². The van der Waals surface area contributed by atoms with Crippen LogP contribution < -0.4 is 0 Å². The maximum Gasteiger partial charge on any atom is 0.0695 e. The molecular weight excluding hydrogens is 162 g/mol. The van der Waals surface area contributed by atoms with Crippen molar-refractivity contribution in [3.63, 3.8) is 0 Å². The van der Waals surface area contributed by atoms with Crippen LogP contribution in [-0.4, -0.2) is 35.2 Å². The van der Waals surface area contributed by atoms with Crippen molar-refractivity contribution < 1.29 is 5.11 Å². The van der Waals surface area contributed by atoms with Crippen LogP contribution in [0.5, 0.6) is 0 Å². The van der Waals surface area contributed by atoms with Crippen molar-refractivity contribution in [3.8, 4) is 0 Å². The van der Waals surface area contributed by atoms with Crippen molar-refractivity contribution in [1.82, 2.24) is 4.90 Å². The van der Waals surface area contributed by atoms with E-state index in [9.17, 15) is 5.11 Å². The second-order valence-electron chi connectivity index (χ2n) is 3.99. The Morgan fingerprint density at radius 1 is 1.08 bits per heavy atom. The van der Waals surface area contributed by atoms with Crippen LogP contribution in [0.25, 0.3) is 0 Å². The van der Waals surface area contributed by atoms with E-state index >= 15 is 0 Å². The van der Waals surface area contributed by atoms with Gasteiger partial charge in [0.1, 0.15) is 0 Å². The van der Waals surface area contributed by atoms with Gasteiger partial charge in [-0.05, 0) is 25.9 Å². The fourth-order valence-electron chi connectivity index (χ4n) is 2.39. The molecule has 0 radical (unpaired) electrons. The average molecular weight is 185 g/mol. The van der Waals surface area contributed by atoms with Gasteiger partial charge in [0.2, 0.25) is 0 Å². The zero-order chi connectivity index (χ0) is 9.68. The van der Waals surface area contributed by atoms with Gasteiger partial charge in [0.15, 0.2) is 0 Å². The van der Waals surface area contributed by atoms with Crippen LogP contribution in [0.15, 0.2) is 0 Å². The Bertz CT molecular complexity index is 134. The van der Waals surface area contributed by atoms with Gasteiger partial charge in [-0.3, -0.25) is 4.90 Å². The number of hydrogen-bond acceptors (Lipinski definition) is 2. The van der Waals surface area contributed by atoms with Crippen LogP contribution in [-0.2, 0) is 0 Å². The molecule has 0 bridgehead atoms. The van der Waals surface area contributed by atoms with E-state index in [2.05, 4.69) is 18.7 Å². The molecule has 0 aliphatic heterocycles. The van der Waals surface area contributed by atoms with Gasteiger partial charge in [-0.2, -0.15) is 0 Å². The number of aliphatic hydroxyl groups is 1. The third kappa shape index (κ3) is 2.96. The Kier molecular flexibility index (Phi) is 4.74. The molecule has 0 amide bonds. The summed E-state index contributed by atoms with van der Waals surface area (Å²) in [5, 5.41) is 9.94. The molecule has 1 aliphatic rings. The topological polar surface area (TPSA) is 23.5 Å². The standard InChI is InChI=1S/C11H23NO/c1-3-12(4-2)10-8-6-5-7-9-11(10)13/h10-11,13H,3-9H2,1-2H3. The van der Waals surface area contributed by atoms with E-state index in [0.29, 0.717) is 6.04 Å². The summed E-state index contributed by atoms with van der Waals surface area (Å²) in [4.78, 5) is 2.40. The first-order valence-electron chi connectivity index (χ1n) is 5.71. The van der Waals surface area contributed by atoms with Crippen LogP contribution in [0, 0.1) is 0 Å². The predicted molar refractivity (Wildman–Crippen MR) is 55.8 cm³/mol. The van der Waals surface area contributed by atoms with E-state index in [1.54, 1.807) is 0 Å². The zero-order valence-electron chi connectivity index (χ0n) is 9.00. The molecule has 0 aromatic carbocycles. The Labute approximate surface area is 81.9 Å². The highest BCUT2D eigenvalue weighted by Gasteiger charge is 2.25. The molecule has 1 rings (SSSR count). The van der Waals surface area contributed by atoms with Crippen molar-refractivity contribution in [1.29, 1.82) is 0 Å². The van der Waals surface area contributed by atoms with Gasteiger partial charge in [-0.15, -0.1) is 0 Å². The number of aliphatic hydroxyl groups excluding tert-OH is 1. The fourth-order valence-corrected chi connectivity index (χ4v) is 2.39. The summed E-state index contributed by atoms with van der Waals surface area (Å²) < 4.78 is 0. The van der Waals surface area contributed by atoms with E-state index < -0.39 is 0 Å². The number of hydrogen-bond donors (Lipinski definition) is 1. The monoisotopic (exact) mass is 185 g/mol. The highest BCUT2D eigenvalue weighted by Crippen LogP contribution is 2.22. The van der Waals surface area contributed by atoms with Gasteiger partial charge >= 0.3 is 0 Å². The molecule has 1 aliphatic carbocycles. The minimum Gasteiger partial charge on any atom is -0.391 e. The summed E-state index contributed by atoms with van der Waals surface area (Å²) in [6.07, 6.45) is 5.90. The first kappa shape index (κ1) is 11.0. The quantitative estimate of drug-likeness (QED) is 0.680. The molecule has 1 saturated carbocycles. The largest absolute Gasteiger partial charge is 0.391 e. The maximum atomic E-state index is 9.94. The Balaban J connectivity index is 2.51. The Hall–Kier alpha value is -0.0800. The lowest BCUT2D eigenvalue weighted by Crippen LogP contribution is -2.42. The summed E-state index contributed by atoms with van der Waals surface area (Å²) in [6.45, 7) is 6.50. The summed E-state index contributed by atoms with van der Waals surface area (Å²) in [5.74, 6) is 0. The molecule has 13 heavy (non-hydrogen) atoms. The Morgan fingerprint density at radius 3 is 2.31 bits per heavy atom. The molecule has 0 aromatic rings. The second-order valence-corrected chi connectivity index (χ2v) is 3.99. The van der Waals surface area contributed by atoms with Gasteiger partial charge in [0, 0.05) is 6.04 Å². The molecule has 0 saturated heterocycles. The van der Waals surface area contributed by atoms with E-state index in [4.69, 9.17) is 0 Å². The summed E-state index contributed by atoms with van der Waals surface area (Å²) in [5.41, 5.74) is 0. The van der Waals surface area contributed by atoms with Crippen molar-refractivity contribution >= 4 is 0 Å². The molecule has 1 N–H and O–H groups in total. The lowest BCUT2D eigenvalue weighted by molar-refractivity contribution is 0.0496. The lowest BCUT2D eigenvalue weighted by Gasteiger charge is -2.32. The number of rotatable bonds is 3. The maximum absolute atomic E-state index is 9.94. The minimum absolute atomic E-state index is 0.0811. The van der Waals surface area contributed by atoms with E-state index in [-0.39, 0.29) is 6.10 Å². The van der Waals surface area contributed by atoms with Gasteiger partial charge in [0.05, 0.1) is 6.10 Å². The minimum atomic E-state index is -0.0811. The van der Waals surface area contributed by atoms with E-state index in [1.165, 1.54) is 25.7 Å². The molecule has 2 nitrogen and oxygen atoms in total. The van der Waals surface area contributed by atoms with Crippen molar-refractivity contribution in [3.05, 3.63) is 0 Å². The van der Waals surface area contributed by atoms with Crippen LogP contribution in [0.4, 0.5) is 0 Å². The Morgan fingerprint density at radius 2 is 1.69 bits per heavy atom. The molecule has 2 atom stereocenters. The highest BCUT2D eigenvalue weighted by atomic mass is 16.3. The molecular formula is C11H23NO. The van der Waals surface area contributed by atoms with Crippen LogP contribution in [0.2, 0.25) is 0 Å². The average Bonchev–Trinajstić information content (AvgIpc) is 2.34. The van der Waals surface area contributed by atoms with Crippen LogP contribution in [0.3, 0.4) is 0 Å². The van der Waals surface area contributed by atoms with Crippen molar-refractivity contribution in [2.24, 2.45) is 0 Å². The molecule has 0 heterocycles. The first-order chi connectivity index (χ1) is 6.29. The fraction of sp³-hybridized carbons (Fsp3) is 1.00. The smallest absolute Gasteiger partial charge is 0.0695 e. The summed E-state index contributed by atoms with van der Waals surface area (Å²) in [6, 6.07) is 0.428. The molecule has 2 unspecified atom stereocenters. The van der Waals surface area contributed by atoms with E-state index in [1.807, 2.05) is 0 Å². The second kappa shape index (κ2) is 5.61. The van der Waals surface area contributed by atoms with Gasteiger partial charge < -0.3 is 5.11 Å². The third-order valence-corrected chi connectivity index (χ3v) is 3.23. The van der Waals surface area contributed by atoms with Gasteiger partial charge in [0.25, 0.3) is 0 Å². The van der Waals surface area contributed by atoms with Gasteiger partial charge in [-0.25, -0.2) is 0 Å². The predicted octanol–water partition coefficient (Wildman–Crippen LogP) is 2.02. The highest BCUT2D eigenvalue weighted by molar-refractivity contribution is 4.80. The number of likely N-dealkylation sites (N-methyl/N-ethyl adjacent to an activating group) is 1. The molecule has 0 spiro atoms. The third-order valence-electron chi connectivity index (χ3n) is 3.23. The molecule has 1 fully saturated rings. The molecule has 78 valence electrons. The zero-order valence-corrected chi connectivity index (χ0v) is 9.00. The lowest BCUT2D eigenvalue weighted by atomic mass is 10.0. The van der Waals surface area contributed by atoms with Gasteiger partial charge in [-0.1, -0.05) is 33.1 Å². The first-order valence-corrected chi connectivity index (χ1v) is 5.71. The van der Waals surface area contributed by atoms with Crippen molar-refractivity contribution in [2.45, 2.75) is 58.1 Å². The summed E-state index contributed by atoms with van der Waals surface area (Å²) in [7, 11) is 0. The van der Waals surface area contributed by atoms with Crippen LogP contribution in [0.1, 0.15) is 46.0 Å². The SMILES string of the molecule is CCN(CC)C1CCCCCC1O. The molecule has 0 aromatic heterocycles. The van der Waals surface area contributed by atoms with E-state index in [0.717, 1.165) is 19.5 Å².